The second-order valence-electron chi connectivity index (χ2n) is 6.51. The van der Waals surface area contributed by atoms with E-state index in [-0.39, 0.29) is 6.10 Å². The molecule has 2 rings (SSSR count). The smallest absolute Gasteiger partial charge is 0.218 e. The van der Waals surface area contributed by atoms with Crippen molar-refractivity contribution in [3.63, 3.8) is 0 Å². The van der Waals surface area contributed by atoms with Crippen LogP contribution >= 0.6 is 0 Å². The van der Waals surface area contributed by atoms with Crippen LogP contribution in [0.3, 0.4) is 0 Å². The highest BCUT2D eigenvalue weighted by molar-refractivity contribution is 5.80. The number of pyridine rings is 1. The summed E-state index contributed by atoms with van der Waals surface area (Å²) in [7, 11) is 0. The van der Waals surface area contributed by atoms with Crippen LogP contribution in [0.25, 0.3) is 0 Å². The van der Waals surface area contributed by atoms with Gasteiger partial charge in [0.2, 0.25) is 5.88 Å². The molecule has 0 bridgehead atoms. The normalized spacial score (nSPS) is 21.0. The summed E-state index contributed by atoms with van der Waals surface area (Å²) in [5.74, 6) is 1.49. The highest BCUT2D eigenvalue weighted by atomic mass is 16.5. The summed E-state index contributed by atoms with van der Waals surface area (Å²) in [5.41, 5.74) is 0.995. The Balaban J connectivity index is 1.96. The molecule has 1 saturated carbocycles. The Morgan fingerprint density at radius 3 is 2.84 bits per heavy atom. The van der Waals surface area contributed by atoms with Crippen molar-refractivity contribution in [2.75, 3.05) is 13.2 Å². The topological polar surface area (TPSA) is 78.8 Å². The quantitative estimate of drug-likeness (QED) is 0.382. The predicted molar refractivity (Wildman–Crippen MR) is 101 cm³/mol. The molecule has 1 fully saturated rings. The van der Waals surface area contributed by atoms with Gasteiger partial charge in [-0.15, -0.1) is 0 Å². The molecule has 0 aliphatic heterocycles. The lowest BCUT2D eigenvalue weighted by Crippen LogP contribution is -2.45. The number of hydrogen-bond acceptors (Lipinski definition) is 4. The van der Waals surface area contributed by atoms with E-state index in [4.69, 9.17) is 9.73 Å². The summed E-state index contributed by atoms with van der Waals surface area (Å²) < 4.78 is 5.78. The molecule has 0 spiro atoms. The van der Waals surface area contributed by atoms with Crippen molar-refractivity contribution in [2.24, 2.45) is 4.99 Å². The van der Waals surface area contributed by atoms with E-state index < -0.39 is 0 Å². The first kappa shape index (κ1) is 19.5. The van der Waals surface area contributed by atoms with Crippen LogP contribution in [-0.4, -0.2) is 41.3 Å². The highest BCUT2D eigenvalue weighted by Gasteiger charge is 2.20. The van der Waals surface area contributed by atoms with E-state index >= 15 is 0 Å². The van der Waals surface area contributed by atoms with Gasteiger partial charge in [0.05, 0.1) is 19.3 Å². The van der Waals surface area contributed by atoms with Crippen molar-refractivity contribution in [1.29, 1.82) is 0 Å². The van der Waals surface area contributed by atoms with E-state index in [1.807, 2.05) is 12.1 Å². The minimum atomic E-state index is -0.143. The number of rotatable bonds is 8. The SMILES string of the molecule is CCCCOc1ncccc1CN=C(NCC)NC1CCC(O)CC1. The van der Waals surface area contributed by atoms with Crippen molar-refractivity contribution in [3.05, 3.63) is 23.9 Å². The Morgan fingerprint density at radius 1 is 1.32 bits per heavy atom. The average molecular weight is 348 g/mol. The molecular weight excluding hydrogens is 316 g/mol. The number of ether oxygens (including phenoxy) is 1. The molecule has 3 N–H and O–H groups in total. The summed E-state index contributed by atoms with van der Waals surface area (Å²) in [5, 5.41) is 16.4. The summed E-state index contributed by atoms with van der Waals surface area (Å²) >= 11 is 0. The zero-order valence-corrected chi connectivity index (χ0v) is 15.5. The Hall–Kier alpha value is -1.82. The largest absolute Gasteiger partial charge is 0.477 e. The summed E-state index contributed by atoms with van der Waals surface area (Å²) in [4.78, 5) is 9.04. The van der Waals surface area contributed by atoms with Gasteiger partial charge in [0, 0.05) is 24.3 Å². The zero-order chi connectivity index (χ0) is 17.9. The molecule has 0 saturated heterocycles. The van der Waals surface area contributed by atoms with Crippen LogP contribution in [0.5, 0.6) is 5.88 Å². The van der Waals surface area contributed by atoms with Crippen molar-refractivity contribution >= 4 is 5.96 Å². The second-order valence-corrected chi connectivity index (χ2v) is 6.51. The van der Waals surface area contributed by atoms with E-state index in [2.05, 4.69) is 29.5 Å². The maximum Gasteiger partial charge on any atom is 0.218 e. The van der Waals surface area contributed by atoms with Gasteiger partial charge in [0.1, 0.15) is 0 Å². The monoisotopic (exact) mass is 348 g/mol. The molecule has 1 aromatic heterocycles. The molecule has 1 heterocycles. The number of nitrogens with one attached hydrogen (secondary N) is 2. The van der Waals surface area contributed by atoms with Gasteiger partial charge in [0.25, 0.3) is 0 Å². The molecule has 6 heteroatoms. The first-order chi connectivity index (χ1) is 12.2. The predicted octanol–water partition coefficient (Wildman–Crippen LogP) is 2.62. The molecule has 1 aliphatic carbocycles. The number of aliphatic imine (C=N–C) groups is 1. The molecule has 140 valence electrons. The Kier molecular flexibility index (Phi) is 8.52. The molecule has 0 unspecified atom stereocenters. The van der Waals surface area contributed by atoms with E-state index in [1.165, 1.54) is 0 Å². The van der Waals surface area contributed by atoms with Crippen LogP contribution in [0.15, 0.2) is 23.3 Å². The van der Waals surface area contributed by atoms with Gasteiger partial charge in [0.15, 0.2) is 5.96 Å². The first-order valence-corrected chi connectivity index (χ1v) is 9.52. The molecule has 6 nitrogen and oxygen atoms in total. The molecule has 25 heavy (non-hydrogen) atoms. The molecular formula is C19H32N4O2. The standard InChI is InChI=1S/C19H32N4O2/c1-3-5-13-25-18-15(7-6-12-21-18)14-22-19(20-4-2)23-16-8-10-17(24)11-9-16/h6-7,12,16-17,24H,3-5,8-11,13-14H2,1-2H3,(H2,20,22,23). The fourth-order valence-electron chi connectivity index (χ4n) is 2.89. The van der Waals surface area contributed by atoms with Gasteiger partial charge in [-0.05, 0) is 45.1 Å². The Labute approximate surface area is 151 Å². The molecule has 0 radical (unpaired) electrons. The number of unbranched alkanes of at least 4 members (excludes halogenated alkanes) is 1. The van der Waals surface area contributed by atoms with Crippen LogP contribution in [0.1, 0.15) is 57.9 Å². The van der Waals surface area contributed by atoms with Crippen LogP contribution in [0, 0.1) is 0 Å². The van der Waals surface area contributed by atoms with Crippen LogP contribution in [0.2, 0.25) is 0 Å². The van der Waals surface area contributed by atoms with Crippen molar-refractivity contribution < 1.29 is 9.84 Å². The summed E-state index contributed by atoms with van der Waals surface area (Å²) in [6.45, 7) is 6.23. The summed E-state index contributed by atoms with van der Waals surface area (Å²) in [6, 6.07) is 4.30. The number of nitrogens with zero attached hydrogens (tertiary/aromatic N) is 2. The Morgan fingerprint density at radius 2 is 2.12 bits per heavy atom. The van der Waals surface area contributed by atoms with E-state index in [9.17, 15) is 5.11 Å². The molecule has 1 aliphatic rings. The van der Waals surface area contributed by atoms with Crippen molar-refractivity contribution in [1.82, 2.24) is 15.6 Å². The fourth-order valence-corrected chi connectivity index (χ4v) is 2.89. The van der Waals surface area contributed by atoms with Gasteiger partial charge in [-0.25, -0.2) is 9.98 Å². The zero-order valence-electron chi connectivity index (χ0n) is 15.5. The first-order valence-electron chi connectivity index (χ1n) is 9.52. The lowest BCUT2D eigenvalue weighted by molar-refractivity contribution is 0.120. The second kappa shape index (κ2) is 10.9. The van der Waals surface area contributed by atoms with Gasteiger partial charge < -0.3 is 20.5 Å². The third-order valence-corrected chi connectivity index (χ3v) is 4.38. The van der Waals surface area contributed by atoms with Crippen molar-refractivity contribution in [3.8, 4) is 5.88 Å². The molecule has 0 amide bonds. The van der Waals surface area contributed by atoms with E-state index in [0.717, 1.165) is 56.6 Å². The van der Waals surface area contributed by atoms with Crippen LogP contribution in [-0.2, 0) is 6.54 Å². The van der Waals surface area contributed by atoms with Crippen LogP contribution < -0.4 is 15.4 Å². The average Bonchev–Trinajstić information content (AvgIpc) is 2.63. The third kappa shape index (κ3) is 6.90. The summed E-state index contributed by atoms with van der Waals surface area (Å²) in [6.07, 6.45) is 7.40. The van der Waals surface area contributed by atoms with Gasteiger partial charge in [-0.2, -0.15) is 0 Å². The fraction of sp³-hybridized carbons (Fsp3) is 0.684. The molecule has 0 aromatic carbocycles. The number of aliphatic hydroxyl groups excluding tert-OH is 1. The molecule has 1 aromatic rings. The minimum absolute atomic E-state index is 0.143. The number of aliphatic hydroxyl groups is 1. The lowest BCUT2D eigenvalue weighted by atomic mass is 9.93. The highest BCUT2D eigenvalue weighted by Crippen LogP contribution is 2.19. The number of hydrogen-bond donors (Lipinski definition) is 3. The van der Waals surface area contributed by atoms with Gasteiger partial charge in [-0.1, -0.05) is 19.4 Å². The van der Waals surface area contributed by atoms with E-state index in [0.29, 0.717) is 25.1 Å². The van der Waals surface area contributed by atoms with Gasteiger partial charge in [-0.3, -0.25) is 0 Å². The number of guanidine groups is 1. The molecule has 0 atom stereocenters. The van der Waals surface area contributed by atoms with Crippen LogP contribution in [0.4, 0.5) is 0 Å². The number of aromatic nitrogens is 1. The maximum atomic E-state index is 9.64. The van der Waals surface area contributed by atoms with E-state index in [1.54, 1.807) is 6.20 Å². The van der Waals surface area contributed by atoms with Crippen molar-refractivity contribution in [2.45, 2.75) is 71.1 Å². The minimum Gasteiger partial charge on any atom is -0.477 e. The Bertz CT molecular complexity index is 528. The van der Waals surface area contributed by atoms with Gasteiger partial charge >= 0.3 is 0 Å². The maximum absolute atomic E-state index is 9.64. The third-order valence-electron chi connectivity index (χ3n) is 4.38. The lowest BCUT2D eigenvalue weighted by Gasteiger charge is -2.27.